The van der Waals surface area contributed by atoms with Crippen molar-refractivity contribution >= 4 is 5.91 Å². The van der Waals surface area contributed by atoms with Gasteiger partial charge in [0.25, 0.3) is 0 Å². The molecule has 0 unspecified atom stereocenters. The first kappa shape index (κ1) is 12.8. The average Bonchev–Trinajstić information content (AvgIpc) is 2.51. The Morgan fingerprint density at radius 1 is 1.00 bits per heavy atom. The van der Waals surface area contributed by atoms with Crippen molar-refractivity contribution in [2.75, 3.05) is 6.54 Å². The molecule has 2 nitrogen and oxygen atoms in total. The molecule has 1 aromatic carbocycles. The van der Waals surface area contributed by atoms with Gasteiger partial charge in [0.05, 0.1) is 0 Å². The van der Waals surface area contributed by atoms with Gasteiger partial charge in [-0.05, 0) is 37.8 Å². The van der Waals surface area contributed by atoms with Gasteiger partial charge in [-0.25, -0.2) is 0 Å². The molecule has 0 bridgehead atoms. The van der Waals surface area contributed by atoms with E-state index < -0.39 is 0 Å². The molecule has 0 atom stereocenters. The second-order valence-electron chi connectivity index (χ2n) is 4.24. The van der Waals surface area contributed by atoms with Crippen LogP contribution in [0.5, 0.6) is 0 Å². The maximum absolute atomic E-state index is 10.6. The van der Waals surface area contributed by atoms with E-state index in [1.54, 1.807) is 0 Å². The molecule has 2 heteroatoms. The highest BCUT2D eigenvalue weighted by atomic mass is 16.1. The number of nitrogens with one attached hydrogen (secondary N) is 1. The smallest absolute Gasteiger partial charge is 0.219 e. The minimum Gasteiger partial charge on any atom is -0.356 e. The van der Waals surface area contributed by atoms with E-state index in [0.29, 0.717) is 0 Å². The normalized spacial score (nSPS) is 15.5. The van der Waals surface area contributed by atoms with Gasteiger partial charge in [0.2, 0.25) is 5.91 Å². The first-order valence-electron chi connectivity index (χ1n) is 5.99. The molecule has 1 aliphatic rings. The minimum atomic E-state index is 0.225. The molecular formula is C14H21NO. The monoisotopic (exact) mass is 219 g/mol. The molecule has 0 aliphatic carbocycles. The van der Waals surface area contributed by atoms with Crippen LogP contribution in [0.1, 0.15) is 36.8 Å². The van der Waals surface area contributed by atoms with Crippen LogP contribution in [0.2, 0.25) is 0 Å². The van der Waals surface area contributed by atoms with Crippen LogP contribution in [0.4, 0.5) is 0 Å². The lowest BCUT2D eigenvalue weighted by molar-refractivity contribution is -0.120. The average molecular weight is 219 g/mol. The summed E-state index contributed by atoms with van der Waals surface area (Å²) in [4.78, 5) is 10.6. The number of hydrogen-bond donors (Lipinski definition) is 1. The zero-order valence-electron chi connectivity index (χ0n) is 10.3. The largest absolute Gasteiger partial charge is 0.356 e. The lowest BCUT2D eigenvalue weighted by Gasteiger charge is -1.93. The van der Waals surface area contributed by atoms with Gasteiger partial charge in [0.15, 0.2) is 0 Å². The van der Waals surface area contributed by atoms with Gasteiger partial charge in [-0.1, -0.05) is 30.7 Å². The molecule has 1 aromatic rings. The summed E-state index contributed by atoms with van der Waals surface area (Å²) in [5.74, 6) is 0.225. The standard InChI is InChI=1S/C8H10.C6H11NO/c1-7-5-3-4-6-8(7)2;8-6-4-2-1-3-5-7-6/h3-6H,1-2H3;1-5H2,(H,7,8). The van der Waals surface area contributed by atoms with Gasteiger partial charge in [-0.2, -0.15) is 0 Å². The molecule has 1 heterocycles. The second kappa shape index (κ2) is 7.04. The molecular weight excluding hydrogens is 198 g/mol. The van der Waals surface area contributed by atoms with E-state index in [9.17, 15) is 4.79 Å². The van der Waals surface area contributed by atoms with Crippen molar-refractivity contribution in [3.63, 3.8) is 0 Å². The molecule has 1 N–H and O–H groups in total. The summed E-state index contributed by atoms with van der Waals surface area (Å²) in [5.41, 5.74) is 2.74. The summed E-state index contributed by atoms with van der Waals surface area (Å²) in [5, 5.41) is 2.81. The lowest BCUT2D eigenvalue weighted by atomic mass is 10.1. The van der Waals surface area contributed by atoms with Gasteiger partial charge >= 0.3 is 0 Å². The molecule has 0 saturated carbocycles. The number of aryl methyl sites for hydroxylation is 2. The van der Waals surface area contributed by atoms with Crippen LogP contribution in [0.15, 0.2) is 24.3 Å². The molecule has 1 saturated heterocycles. The lowest BCUT2D eigenvalue weighted by Crippen LogP contribution is -2.21. The third kappa shape index (κ3) is 4.96. The summed E-state index contributed by atoms with van der Waals surface area (Å²) in [7, 11) is 0. The summed E-state index contributed by atoms with van der Waals surface area (Å²) >= 11 is 0. The van der Waals surface area contributed by atoms with Gasteiger partial charge < -0.3 is 5.32 Å². The van der Waals surface area contributed by atoms with Gasteiger partial charge in [0.1, 0.15) is 0 Å². The van der Waals surface area contributed by atoms with E-state index in [2.05, 4.69) is 43.4 Å². The van der Waals surface area contributed by atoms with E-state index in [1.165, 1.54) is 17.5 Å². The molecule has 0 aromatic heterocycles. The zero-order valence-corrected chi connectivity index (χ0v) is 10.3. The number of carbonyl (C=O) groups excluding carboxylic acids is 1. The second-order valence-corrected chi connectivity index (χ2v) is 4.24. The third-order valence-electron chi connectivity index (χ3n) is 2.83. The van der Waals surface area contributed by atoms with Crippen LogP contribution >= 0.6 is 0 Å². The predicted molar refractivity (Wildman–Crippen MR) is 67.4 cm³/mol. The van der Waals surface area contributed by atoms with Crippen molar-refractivity contribution in [3.8, 4) is 0 Å². The Hall–Kier alpha value is -1.31. The Morgan fingerprint density at radius 3 is 2.19 bits per heavy atom. The maximum Gasteiger partial charge on any atom is 0.219 e. The van der Waals surface area contributed by atoms with Crippen molar-refractivity contribution in [3.05, 3.63) is 35.4 Å². The zero-order chi connectivity index (χ0) is 11.8. The molecule has 1 fully saturated rings. The van der Waals surface area contributed by atoms with E-state index >= 15 is 0 Å². The number of hydrogen-bond acceptors (Lipinski definition) is 1. The van der Waals surface area contributed by atoms with E-state index in [0.717, 1.165) is 25.8 Å². The first-order valence-corrected chi connectivity index (χ1v) is 5.99. The fourth-order valence-corrected chi connectivity index (χ4v) is 1.57. The summed E-state index contributed by atoms with van der Waals surface area (Å²) in [6.45, 7) is 5.13. The van der Waals surface area contributed by atoms with Crippen molar-refractivity contribution in [1.82, 2.24) is 5.32 Å². The van der Waals surface area contributed by atoms with Crippen LogP contribution in [-0.2, 0) is 4.79 Å². The van der Waals surface area contributed by atoms with Crippen molar-refractivity contribution in [1.29, 1.82) is 0 Å². The third-order valence-corrected chi connectivity index (χ3v) is 2.83. The van der Waals surface area contributed by atoms with E-state index in [-0.39, 0.29) is 5.91 Å². The van der Waals surface area contributed by atoms with Crippen molar-refractivity contribution < 1.29 is 4.79 Å². The minimum absolute atomic E-state index is 0.225. The van der Waals surface area contributed by atoms with Crippen LogP contribution in [0, 0.1) is 13.8 Å². The molecule has 1 amide bonds. The van der Waals surface area contributed by atoms with E-state index in [4.69, 9.17) is 0 Å². The fourth-order valence-electron chi connectivity index (χ4n) is 1.57. The molecule has 0 radical (unpaired) electrons. The van der Waals surface area contributed by atoms with Gasteiger partial charge in [-0.3, -0.25) is 4.79 Å². The predicted octanol–water partition coefficient (Wildman–Crippen LogP) is 2.98. The number of amides is 1. The maximum atomic E-state index is 10.6. The summed E-state index contributed by atoms with van der Waals surface area (Å²) in [6, 6.07) is 8.36. The number of carbonyl (C=O) groups is 1. The highest BCUT2D eigenvalue weighted by Crippen LogP contribution is 2.03. The Bertz CT molecular complexity index is 302. The molecule has 1 aliphatic heterocycles. The quantitative estimate of drug-likeness (QED) is 0.714. The highest BCUT2D eigenvalue weighted by molar-refractivity contribution is 5.75. The molecule has 88 valence electrons. The number of benzene rings is 1. The van der Waals surface area contributed by atoms with Crippen molar-refractivity contribution in [2.24, 2.45) is 0 Å². The van der Waals surface area contributed by atoms with Gasteiger partial charge in [-0.15, -0.1) is 0 Å². The van der Waals surface area contributed by atoms with Crippen LogP contribution in [0.3, 0.4) is 0 Å². The van der Waals surface area contributed by atoms with Gasteiger partial charge in [0, 0.05) is 13.0 Å². The Labute approximate surface area is 98.1 Å². The Balaban J connectivity index is 0.000000160. The Morgan fingerprint density at radius 2 is 1.62 bits per heavy atom. The topological polar surface area (TPSA) is 29.1 Å². The van der Waals surface area contributed by atoms with Crippen molar-refractivity contribution in [2.45, 2.75) is 39.5 Å². The summed E-state index contributed by atoms with van der Waals surface area (Å²) in [6.07, 6.45) is 4.18. The number of rotatable bonds is 0. The van der Waals surface area contributed by atoms with Crippen LogP contribution < -0.4 is 5.32 Å². The first-order chi connectivity index (χ1) is 7.70. The van der Waals surface area contributed by atoms with Crippen LogP contribution in [0.25, 0.3) is 0 Å². The van der Waals surface area contributed by atoms with E-state index in [1.807, 2.05) is 0 Å². The Kier molecular flexibility index (Phi) is 5.62. The molecule has 16 heavy (non-hydrogen) atoms. The fraction of sp³-hybridized carbons (Fsp3) is 0.500. The van der Waals surface area contributed by atoms with Crippen LogP contribution in [-0.4, -0.2) is 12.5 Å². The highest BCUT2D eigenvalue weighted by Gasteiger charge is 2.03. The SMILES string of the molecule is Cc1ccccc1C.O=C1CCCCCN1. The molecule has 2 rings (SSSR count). The molecule has 0 spiro atoms. The summed E-state index contributed by atoms with van der Waals surface area (Å²) < 4.78 is 0.